The summed E-state index contributed by atoms with van der Waals surface area (Å²) < 4.78 is 1.84. The first kappa shape index (κ1) is 10.2. The summed E-state index contributed by atoms with van der Waals surface area (Å²) in [6.45, 7) is 6.29. The van der Waals surface area contributed by atoms with Crippen LogP contribution in [0.15, 0.2) is 0 Å². The van der Waals surface area contributed by atoms with E-state index in [-0.39, 0.29) is 0 Å². The van der Waals surface area contributed by atoms with Crippen LogP contribution in [0.2, 0.25) is 0 Å². The van der Waals surface area contributed by atoms with Gasteiger partial charge in [0.2, 0.25) is 0 Å². The van der Waals surface area contributed by atoms with Gasteiger partial charge in [0.15, 0.2) is 0 Å². The highest BCUT2D eigenvalue weighted by molar-refractivity contribution is 6.13. The Bertz CT molecular complexity index is 66.3. The first-order valence-electron chi connectivity index (χ1n) is 4.22. The summed E-state index contributed by atoms with van der Waals surface area (Å²) in [5.74, 6) is 0. The van der Waals surface area contributed by atoms with Gasteiger partial charge in [-0.15, -0.1) is 0 Å². The lowest BCUT2D eigenvalue weighted by molar-refractivity contribution is 0.453. The highest BCUT2D eigenvalue weighted by Crippen LogP contribution is 2.02. The smallest absolute Gasteiger partial charge is 0.0138 e. The molecule has 0 amide bonds. The molecule has 0 heterocycles. The zero-order valence-electron chi connectivity index (χ0n) is 7.07. The van der Waals surface area contributed by atoms with E-state index in [0.29, 0.717) is 0 Å². The summed E-state index contributed by atoms with van der Waals surface area (Å²) in [5.41, 5.74) is 0. The third-order valence-corrected chi connectivity index (χ3v) is 2.01. The van der Waals surface area contributed by atoms with Gasteiger partial charge < -0.3 is 0 Å². The number of hydrogen-bond acceptors (Lipinski definition) is 1. The van der Waals surface area contributed by atoms with Crippen molar-refractivity contribution in [2.45, 2.75) is 39.5 Å². The van der Waals surface area contributed by atoms with Crippen LogP contribution in [-0.2, 0) is 0 Å². The van der Waals surface area contributed by atoms with Crippen molar-refractivity contribution >= 4 is 11.8 Å². The van der Waals surface area contributed by atoms with Gasteiger partial charge in [0.05, 0.1) is 0 Å². The van der Waals surface area contributed by atoms with E-state index in [9.17, 15) is 0 Å². The van der Waals surface area contributed by atoms with Crippen LogP contribution in [0.4, 0.5) is 0 Å². The Balaban J connectivity index is 2.89. The number of halogens is 1. The van der Waals surface area contributed by atoms with E-state index >= 15 is 0 Å². The molecule has 1 nitrogen and oxygen atoms in total. The van der Waals surface area contributed by atoms with Crippen LogP contribution >= 0.6 is 11.8 Å². The Labute approximate surface area is 69.5 Å². The number of nitrogens with zero attached hydrogens (tertiary/aromatic N) is 1. The van der Waals surface area contributed by atoms with E-state index < -0.39 is 0 Å². The van der Waals surface area contributed by atoms with Crippen LogP contribution < -0.4 is 0 Å². The predicted molar refractivity (Wildman–Crippen MR) is 47.2 cm³/mol. The van der Waals surface area contributed by atoms with E-state index in [2.05, 4.69) is 13.8 Å². The predicted octanol–water partition coefficient (Wildman–Crippen LogP) is 3.04. The molecule has 0 radical (unpaired) electrons. The van der Waals surface area contributed by atoms with Crippen LogP contribution in [0.1, 0.15) is 39.5 Å². The largest absolute Gasteiger partial charge is 0.220 e. The zero-order valence-corrected chi connectivity index (χ0v) is 7.82. The number of rotatable bonds is 6. The number of hydrogen-bond donors (Lipinski definition) is 0. The second kappa shape index (κ2) is 7.36. The summed E-state index contributed by atoms with van der Waals surface area (Å²) in [6, 6.07) is 0. The molecule has 0 unspecified atom stereocenters. The molecule has 2 heteroatoms. The van der Waals surface area contributed by atoms with Crippen LogP contribution in [0.25, 0.3) is 0 Å². The Hall–Kier alpha value is 0.250. The molecule has 0 spiro atoms. The molecule has 0 aliphatic heterocycles. The zero-order chi connectivity index (χ0) is 7.82. The quantitative estimate of drug-likeness (QED) is 0.430. The van der Waals surface area contributed by atoms with Gasteiger partial charge >= 0.3 is 0 Å². The molecule has 0 rings (SSSR count). The summed E-state index contributed by atoms with van der Waals surface area (Å²) in [6.07, 6.45) is 5.20. The molecule has 0 N–H and O–H groups in total. The summed E-state index contributed by atoms with van der Waals surface area (Å²) >= 11 is 5.78. The molecular formula is C8H18ClN. The van der Waals surface area contributed by atoms with E-state index in [1.54, 1.807) is 0 Å². The van der Waals surface area contributed by atoms with Crippen LogP contribution in [0, 0.1) is 0 Å². The van der Waals surface area contributed by atoms with Crippen LogP contribution in [0.5, 0.6) is 0 Å². The Kier molecular flexibility index (Phi) is 7.54. The lowest BCUT2D eigenvalue weighted by atomic mass is 10.2. The van der Waals surface area contributed by atoms with Crippen molar-refractivity contribution in [3.8, 4) is 0 Å². The molecular weight excluding hydrogens is 146 g/mol. The molecule has 10 heavy (non-hydrogen) atoms. The van der Waals surface area contributed by atoms with Gasteiger partial charge in [-0.3, -0.25) is 0 Å². The van der Waals surface area contributed by atoms with Crippen molar-refractivity contribution in [1.82, 2.24) is 4.42 Å². The van der Waals surface area contributed by atoms with Crippen molar-refractivity contribution in [1.29, 1.82) is 0 Å². The summed E-state index contributed by atoms with van der Waals surface area (Å²) in [4.78, 5) is 0. The minimum absolute atomic E-state index is 0.952. The molecule has 0 aromatic carbocycles. The van der Waals surface area contributed by atoms with Crippen molar-refractivity contribution in [3.63, 3.8) is 0 Å². The Morgan fingerprint density at radius 3 is 2.30 bits per heavy atom. The molecule has 0 atom stereocenters. The van der Waals surface area contributed by atoms with E-state index in [0.717, 1.165) is 13.1 Å². The maximum absolute atomic E-state index is 5.78. The highest BCUT2D eigenvalue weighted by Gasteiger charge is 1.94. The molecule has 0 saturated heterocycles. The van der Waals surface area contributed by atoms with Gasteiger partial charge in [0, 0.05) is 13.1 Å². The first-order chi connectivity index (χ1) is 4.81. The third-order valence-electron chi connectivity index (χ3n) is 1.60. The fraction of sp³-hybridized carbons (Fsp3) is 1.00. The molecule has 0 aromatic heterocycles. The average Bonchev–Trinajstić information content (AvgIpc) is 1.98. The topological polar surface area (TPSA) is 3.24 Å². The standard InChI is InChI=1S/C8H18ClN/c1-3-5-6-7-8-10(9)4-2/h3-8H2,1-2H3. The monoisotopic (exact) mass is 163 g/mol. The molecule has 0 aromatic rings. The van der Waals surface area contributed by atoms with Gasteiger partial charge in [0.25, 0.3) is 0 Å². The Morgan fingerprint density at radius 1 is 1.10 bits per heavy atom. The van der Waals surface area contributed by atoms with Crippen molar-refractivity contribution in [2.24, 2.45) is 0 Å². The maximum atomic E-state index is 5.78. The lowest BCUT2D eigenvalue weighted by Crippen LogP contribution is -2.12. The van der Waals surface area contributed by atoms with E-state index in [1.807, 2.05) is 4.42 Å². The van der Waals surface area contributed by atoms with Crippen molar-refractivity contribution in [2.75, 3.05) is 13.1 Å². The fourth-order valence-electron chi connectivity index (χ4n) is 0.868. The summed E-state index contributed by atoms with van der Waals surface area (Å²) in [5, 5.41) is 0. The minimum Gasteiger partial charge on any atom is -0.220 e. The minimum atomic E-state index is 0.952. The first-order valence-corrected chi connectivity index (χ1v) is 4.55. The van der Waals surface area contributed by atoms with Crippen LogP contribution in [-0.4, -0.2) is 17.5 Å². The number of unbranched alkanes of at least 4 members (excludes halogenated alkanes) is 3. The maximum Gasteiger partial charge on any atom is 0.0138 e. The molecule has 0 aliphatic carbocycles. The third kappa shape index (κ3) is 6.37. The second-order valence-corrected chi connectivity index (χ2v) is 3.04. The normalized spacial score (nSPS) is 10.8. The van der Waals surface area contributed by atoms with E-state index in [4.69, 9.17) is 11.8 Å². The highest BCUT2D eigenvalue weighted by atomic mass is 35.5. The Morgan fingerprint density at radius 2 is 1.80 bits per heavy atom. The van der Waals surface area contributed by atoms with Gasteiger partial charge in [-0.25, -0.2) is 4.42 Å². The van der Waals surface area contributed by atoms with Gasteiger partial charge in [-0.05, 0) is 18.2 Å². The fourth-order valence-corrected chi connectivity index (χ4v) is 0.988. The van der Waals surface area contributed by atoms with E-state index in [1.165, 1.54) is 25.7 Å². The lowest BCUT2D eigenvalue weighted by Gasteiger charge is -2.08. The van der Waals surface area contributed by atoms with Gasteiger partial charge in [-0.1, -0.05) is 33.1 Å². The summed E-state index contributed by atoms with van der Waals surface area (Å²) in [7, 11) is 0. The molecule has 0 fully saturated rings. The van der Waals surface area contributed by atoms with Gasteiger partial charge in [0.1, 0.15) is 0 Å². The van der Waals surface area contributed by atoms with Crippen molar-refractivity contribution < 1.29 is 0 Å². The SMILES string of the molecule is CCCCCCN(Cl)CC. The second-order valence-electron chi connectivity index (χ2n) is 2.56. The van der Waals surface area contributed by atoms with Crippen LogP contribution in [0.3, 0.4) is 0 Å². The molecule has 0 saturated carbocycles. The van der Waals surface area contributed by atoms with Crippen molar-refractivity contribution in [3.05, 3.63) is 0 Å². The molecule has 62 valence electrons. The molecule has 0 aliphatic rings. The average molecular weight is 164 g/mol. The van der Waals surface area contributed by atoms with Gasteiger partial charge in [-0.2, -0.15) is 0 Å². The molecule has 0 bridgehead atoms.